The van der Waals surface area contributed by atoms with Crippen molar-refractivity contribution in [1.82, 2.24) is 15.6 Å². The molecule has 1 saturated heterocycles. The fourth-order valence-electron chi connectivity index (χ4n) is 2.00. The van der Waals surface area contributed by atoms with Gasteiger partial charge in [0.05, 0.1) is 11.5 Å². The van der Waals surface area contributed by atoms with E-state index in [1.807, 2.05) is 18.2 Å². The minimum absolute atomic E-state index is 0.0423. The smallest absolute Gasteiger partial charge is 0.315 e. The molecule has 0 aromatic carbocycles. The van der Waals surface area contributed by atoms with Gasteiger partial charge in [0.25, 0.3) is 0 Å². The fourth-order valence-corrected chi connectivity index (χ4v) is 3.67. The van der Waals surface area contributed by atoms with Crippen molar-refractivity contribution in [3.05, 3.63) is 30.1 Å². The Balaban J connectivity index is 1.68. The van der Waals surface area contributed by atoms with Crippen LogP contribution in [0.1, 0.15) is 12.1 Å². The average Bonchev–Trinajstić information content (AvgIpc) is 2.70. The van der Waals surface area contributed by atoms with E-state index in [-0.39, 0.29) is 23.6 Å². The molecule has 0 bridgehead atoms. The second-order valence-electron chi connectivity index (χ2n) is 4.57. The summed E-state index contributed by atoms with van der Waals surface area (Å²) in [5.74, 6) is 0.201. The summed E-state index contributed by atoms with van der Waals surface area (Å²) >= 11 is 0. The lowest BCUT2D eigenvalue weighted by Crippen LogP contribution is -2.43. The maximum Gasteiger partial charge on any atom is 0.315 e. The van der Waals surface area contributed by atoms with Crippen LogP contribution in [0.2, 0.25) is 0 Å². The van der Waals surface area contributed by atoms with E-state index in [0.717, 1.165) is 5.69 Å². The Morgan fingerprint density at radius 1 is 1.42 bits per heavy atom. The van der Waals surface area contributed by atoms with Gasteiger partial charge in [-0.05, 0) is 18.6 Å². The molecule has 2 rings (SSSR count). The van der Waals surface area contributed by atoms with Crippen molar-refractivity contribution in [3.63, 3.8) is 0 Å². The van der Waals surface area contributed by atoms with Crippen LogP contribution in [0.5, 0.6) is 0 Å². The molecule has 1 fully saturated rings. The predicted octanol–water partition coefficient (Wildman–Crippen LogP) is 0.110. The number of urea groups is 1. The van der Waals surface area contributed by atoms with Crippen LogP contribution >= 0.6 is 0 Å². The summed E-state index contributed by atoms with van der Waals surface area (Å²) in [5.41, 5.74) is 0.909. The minimum atomic E-state index is -2.96. The third-order valence-corrected chi connectivity index (χ3v) is 4.73. The molecule has 0 spiro atoms. The highest BCUT2D eigenvalue weighted by molar-refractivity contribution is 7.91. The molecule has 2 amide bonds. The molecule has 1 aromatic rings. The number of hydrogen-bond donors (Lipinski definition) is 2. The number of aromatic nitrogens is 1. The molecule has 6 nitrogen and oxygen atoms in total. The number of sulfone groups is 1. The number of nitrogens with one attached hydrogen (secondary N) is 2. The molecule has 2 heterocycles. The number of nitrogens with zero attached hydrogens (tertiary/aromatic N) is 1. The fraction of sp³-hybridized carbons (Fsp3) is 0.500. The summed E-state index contributed by atoms with van der Waals surface area (Å²) in [6.07, 6.45) is 2.85. The molecule has 7 heteroatoms. The Morgan fingerprint density at radius 3 is 2.89 bits per heavy atom. The van der Waals surface area contributed by atoms with E-state index in [2.05, 4.69) is 15.6 Å². The van der Waals surface area contributed by atoms with Crippen molar-refractivity contribution in [2.75, 3.05) is 18.1 Å². The van der Waals surface area contributed by atoms with Crippen LogP contribution in [-0.4, -0.2) is 43.5 Å². The minimum Gasteiger partial charge on any atom is -0.338 e. The summed E-state index contributed by atoms with van der Waals surface area (Å²) in [5, 5.41) is 5.37. The van der Waals surface area contributed by atoms with Crippen molar-refractivity contribution in [1.29, 1.82) is 0 Å². The normalized spacial score (nSPS) is 20.9. The number of pyridine rings is 1. The van der Waals surface area contributed by atoms with Crippen molar-refractivity contribution in [3.8, 4) is 0 Å². The quantitative estimate of drug-likeness (QED) is 0.821. The van der Waals surface area contributed by atoms with Crippen LogP contribution < -0.4 is 10.6 Å². The lowest BCUT2D eigenvalue weighted by Gasteiger charge is -2.11. The molecule has 2 N–H and O–H groups in total. The molecular weight excluding hydrogens is 266 g/mol. The van der Waals surface area contributed by atoms with Crippen LogP contribution in [-0.2, 0) is 16.3 Å². The van der Waals surface area contributed by atoms with Gasteiger partial charge in [-0.2, -0.15) is 0 Å². The lowest BCUT2D eigenvalue weighted by atomic mass is 10.2. The molecule has 1 atom stereocenters. The Bertz CT molecular complexity index is 530. The van der Waals surface area contributed by atoms with E-state index in [0.29, 0.717) is 19.4 Å². The van der Waals surface area contributed by atoms with Crippen LogP contribution in [0.3, 0.4) is 0 Å². The zero-order valence-electron chi connectivity index (χ0n) is 10.5. The molecule has 0 radical (unpaired) electrons. The Hall–Kier alpha value is -1.63. The van der Waals surface area contributed by atoms with Gasteiger partial charge in [-0.25, -0.2) is 13.2 Å². The SMILES string of the molecule is O=C(NCCc1ccccn1)N[C@H]1CCS(=O)(=O)C1. The van der Waals surface area contributed by atoms with Crippen molar-refractivity contribution in [2.24, 2.45) is 0 Å². The first kappa shape index (κ1) is 13.8. The molecule has 0 unspecified atom stereocenters. The zero-order chi connectivity index (χ0) is 13.7. The number of rotatable bonds is 4. The van der Waals surface area contributed by atoms with E-state index in [4.69, 9.17) is 0 Å². The first-order valence-corrected chi connectivity index (χ1v) is 8.02. The zero-order valence-corrected chi connectivity index (χ0v) is 11.3. The van der Waals surface area contributed by atoms with Gasteiger partial charge >= 0.3 is 6.03 Å². The van der Waals surface area contributed by atoms with Gasteiger partial charge in [-0.15, -0.1) is 0 Å². The summed E-state index contributed by atoms with van der Waals surface area (Å²) in [6, 6.07) is 5.04. The first-order chi connectivity index (χ1) is 9.05. The van der Waals surface area contributed by atoms with Crippen LogP contribution in [0, 0.1) is 0 Å². The molecule has 0 aliphatic carbocycles. The van der Waals surface area contributed by atoms with Gasteiger partial charge in [-0.3, -0.25) is 4.98 Å². The van der Waals surface area contributed by atoms with Crippen molar-refractivity contribution in [2.45, 2.75) is 18.9 Å². The van der Waals surface area contributed by atoms with Gasteiger partial charge in [-0.1, -0.05) is 6.07 Å². The van der Waals surface area contributed by atoms with Gasteiger partial charge in [0.15, 0.2) is 9.84 Å². The van der Waals surface area contributed by atoms with Crippen molar-refractivity contribution < 1.29 is 13.2 Å². The molecular formula is C12H17N3O3S. The second kappa shape index (κ2) is 6.01. The van der Waals surface area contributed by atoms with E-state index >= 15 is 0 Å². The number of carbonyl (C=O) groups excluding carboxylic acids is 1. The Kier molecular flexibility index (Phi) is 4.36. The first-order valence-electron chi connectivity index (χ1n) is 6.20. The molecule has 1 aromatic heterocycles. The lowest BCUT2D eigenvalue weighted by molar-refractivity contribution is 0.238. The van der Waals surface area contributed by atoms with E-state index < -0.39 is 9.84 Å². The summed E-state index contributed by atoms with van der Waals surface area (Å²) in [7, 11) is -2.96. The maximum absolute atomic E-state index is 11.6. The highest BCUT2D eigenvalue weighted by Crippen LogP contribution is 2.10. The van der Waals surface area contributed by atoms with Crippen LogP contribution in [0.15, 0.2) is 24.4 Å². The highest BCUT2D eigenvalue weighted by Gasteiger charge is 2.28. The topological polar surface area (TPSA) is 88.2 Å². The van der Waals surface area contributed by atoms with Crippen LogP contribution in [0.25, 0.3) is 0 Å². The summed E-state index contributed by atoms with van der Waals surface area (Å²) in [6.45, 7) is 0.475. The van der Waals surface area contributed by atoms with Crippen LogP contribution in [0.4, 0.5) is 4.79 Å². The third-order valence-electron chi connectivity index (χ3n) is 2.96. The molecule has 0 saturated carbocycles. The molecule has 1 aliphatic heterocycles. The Morgan fingerprint density at radius 2 is 2.26 bits per heavy atom. The number of carbonyl (C=O) groups is 1. The summed E-state index contributed by atoms with van der Waals surface area (Å²) in [4.78, 5) is 15.7. The third kappa shape index (κ3) is 4.51. The van der Waals surface area contributed by atoms with E-state index in [1.54, 1.807) is 6.20 Å². The average molecular weight is 283 g/mol. The van der Waals surface area contributed by atoms with Gasteiger partial charge in [0.2, 0.25) is 0 Å². The van der Waals surface area contributed by atoms with E-state index in [1.165, 1.54) is 0 Å². The van der Waals surface area contributed by atoms with Gasteiger partial charge in [0, 0.05) is 30.9 Å². The number of amides is 2. The standard InChI is InChI=1S/C12H17N3O3S/c16-12(15-11-5-8-19(17,18)9-11)14-7-4-10-3-1-2-6-13-10/h1-3,6,11H,4-5,7-9H2,(H2,14,15,16)/t11-/m0/s1. The molecule has 19 heavy (non-hydrogen) atoms. The van der Waals surface area contributed by atoms with Gasteiger partial charge < -0.3 is 10.6 Å². The molecule has 1 aliphatic rings. The number of hydrogen-bond acceptors (Lipinski definition) is 4. The largest absolute Gasteiger partial charge is 0.338 e. The monoisotopic (exact) mass is 283 g/mol. The predicted molar refractivity (Wildman–Crippen MR) is 71.5 cm³/mol. The second-order valence-corrected chi connectivity index (χ2v) is 6.80. The summed E-state index contributed by atoms with van der Waals surface area (Å²) < 4.78 is 22.5. The Labute approximate surface area is 112 Å². The van der Waals surface area contributed by atoms with Crippen molar-refractivity contribution >= 4 is 15.9 Å². The van der Waals surface area contributed by atoms with E-state index in [9.17, 15) is 13.2 Å². The maximum atomic E-state index is 11.6. The molecule has 104 valence electrons. The highest BCUT2D eigenvalue weighted by atomic mass is 32.2. The van der Waals surface area contributed by atoms with Gasteiger partial charge in [0.1, 0.15) is 0 Å².